The quantitative estimate of drug-likeness (QED) is 0.118. The lowest BCUT2D eigenvalue weighted by Crippen LogP contribution is -2.22. The number of hydrogen-bond acceptors (Lipinski definition) is 5. The van der Waals surface area contributed by atoms with Crippen molar-refractivity contribution >= 4 is 68.6 Å². The molecule has 4 nitrogen and oxygen atoms in total. The van der Waals surface area contributed by atoms with E-state index in [4.69, 9.17) is 9.97 Å². The summed E-state index contributed by atoms with van der Waals surface area (Å²) in [5, 5.41) is 1.02. The zero-order chi connectivity index (χ0) is 44.4. The molecule has 7 aromatic rings. The molecule has 1 aromatic heterocycles. The highest BCUT2D eigenvalue weighted by Gasteiger charge is 2.26. The predicted octanol–water partition coefficient (Wildman–Crippen LogP) is 15.9. The number of aryl methyl sites for hydroxylation is 1. The number of fused-ring (bicyclic) bond motifs is 6. The Morgan fingerprint density at radius 2 is 1.47 bits per heavy atom. The third kappa shape index (κ3) is 8.66. The molecule has 0 amide bonds. The fourth-order valence-electron chi connectivity index (χ4n) is 8.70. The first kappa shape index (κ1) is 43.3. The molecule has 3 aliphatic rings. The Kier molecular flexibility index (Phi) is 13.7. The van der Waals surface area contributed by atoms with Crippen LogP contribution in [0.1, 0.15) is 54.5 Å². The fraction of sp³-hybridized carbons (Fsp3) is 0.119. The average molecular weight is 849 g/mol. The summed E-state index contributed by atoms with van der Waals surface area (Å²) in [5.41, 5.74) is 16.1. The van der Waals surface area contributed by atoms with Crippen molar-refractivity contribution in [2.24, 2.45) is 0 Å². The zero-order valence-electron chi connectivity index (χ0n) is 36.6. The van der Waals surface area contributed by atoms with Gasteiger partial charge in [0.05, 0.1) is 22.6 Å². The summed E-state index contributed by atoms with van der Waals surface area (Å²) in [4.78, 5) is 17.9. The van der Waals surface area contributed by atoms with Crippen molar-refractivity contribution in [3.63, 3.8) is 0 Å². The Balaban J connectivity index is 0.00000136. The van der Waals surface area contributed by atoms with Gasteiger partial charge in [-0.15, -0.1) is 12.8 Å². The summed E-state index contributed by atoms with van der Waals surface area (Å²) >= 11 is 1.84. The second-order valence-corrected chi connectivity index (χ2v) is 16.3. The van der Waals surface area contributed by atoms with Crippen molar-refractivity contribution in [1.29, 1.82) is 0 Å². The van der Waals surface area contributed by atoms with Crippen molar-refractivity contribution in [3.8, 4) is 24.1 Å². The van der Waals surface area contributed by atoms with Crippen LogP contribution in [0.3, 0.4) is 0 Å². The minimum Gasteiger partial charge on any atom is -0.308 e. The fourth-order valence-corrected chi connectivity index (χ4v) is 9.74. The van der Waals surface area contributed by atoms with Crippen LogP contribution in [-0.2, 0) is 12.8 Å². The minimum absolute atomic E-state index is 0.600. The van der Waals surface area contributed by atoms with Gasteiger partial charge in [0, 0.05) is 38.7 Å². The molecule has 0 unspecified atom stereocenters. The zero-order valence-corrected chi connectivity index (χ0v) is 37.4. The molecule has 0 atom stereocenters. The molecule has 0 bridgehead atoms. The second kappa shape index (κ2) is 20.2. The molecule has 6 aromatic carbocycles. The van der Waals surface area contributed by atoms with E-state index in [9.17, 15) is 0 Å². The number of para-hydroxylation sites is 3. The lowest BCUT2D eigenvalue weighted by atomic mass is 9.93. The smallest absolute Gasteiger partial charge is 0.231 e. The van der Waals surface area contributed by atoms with Crippen LogP contribution in [0.4, 0.5) is 28.7 Å². The number of rotatable bonds is 7. The molecule has 2 aliphatic heterocycles. The standard InChI is InChI=1S/C55H44N4S.C2H6.C2H2/c1-3-16-38(4-2)40-26-28-42(29-27-40)54-47-22-11-12-23-48(47)56-55(57-54)58-36-15-18-39(30-33-46-45-21-10-5-7-17-41(45)31-34-49(46)58)43-32-35-53-51(37-43)59(44-19-8-6-9-20-44)50-24-13-14-25-52(50)60-53;2*1-2/h3-4,6,8-16,18-32,34-35,37H,1-2,5,7,17,33,36H2;1-2H3;1-2H/b18-15-,38-16+,39-30+;;. The first-order valence-corrected chi connectivity index (χ1v) is 22.9. The first-order valence-electron chi connectivity index (χ1n) is 22.0. The van der Waals surface area contributed by atoms with E-state index in [-0.39, 0.29) is 0 Å². The second-order valence-electron chi connectivity index (χ2n) is 15.3. The van der Waals surface area contributed by atoms with Crippen LogP contribution in [0.15, 0.2) is 199 Å². The van der Waals surface area contributed by atoms with E-state index in [1.807, 2.05) is 37.8 Å². The topological polar surface area (TPSA) is 32.3 Å². The van der Waals surface area contributed by atoms with Gasteiger partial charge in [0.1, 0.15) is 0 Å². The molecule has 3 heterocycles. The Morgan fingerprint density at radius 1 is 0.719 bits per heavy atom. The molecule has 0 spiro atoms. The van der Waals surface area contributed by atoms with Crippen LogP contribution < -0.4 is 9.80 Å². The van der Waals surface area contributed by atoms with Crippen LogP contribution >= 0.6 is 11.8 Å². The van der Waals surface area contributed by atoms with E-state index < -0.39 is 0 Å². The van der Waals surface area contributed by atoms with E-state index in [2.05, 4.69) is 200 Å². The molecule has 314 valence electrons. The van der Waals surface area contributed by atoms with Crippen molar-refractivity contribution < 1.29 is 0 Å². The van der Waals surface area contributed by atoms with E-state index in [0.717, 1.165) is 70.4 Å². The molecule has 0 radical (unpaired) electrons. The normalized spacial score (nSPS) is 15.2. The van der Waals surface area contributed by atoms with Gasteiger partial charge in [-0.05, 0) is 113 Å². The Bertz CT molecular complexity index is 2970. The van der Waals surface area contributed by atoms with Gasteiger partial charge in [-0.3, -0.25) is 0 Å². The van der Waals surface area contributed by atoms with E-state index >= 15 is 0 Å². The van der Waals surface area contributed by atoms with Gasteiger partial charge in [0.15, 0.2) is 0 Å². The first-order chi connectivity index (χ1) is 31.7. The highest BCUT2D eigenvalue weighted by atomic mass is 32.2. The van der Waals surface area contributed by atoms with Crippen LogP contribution in [0.25, 0.3) is 39.4 Å². The van der Waals surface area contributed by atoms with Crippen LogP contribution in [0.2, 0.25) is 0 Å². The van der Waals surface area contributed by atoms with Gasteiger partial charge >= 0.3 is 0 Å². The molecule has 5 heteroatoms. The molecule has 0 saturated heterocycles. The third-order valence-electron chi connectivity index (χ3n) is 11.6. The third-order valence-corrected chi connectivity index (χ3v) is 12.8. The van der Waals surface area contributed by atoms with Gasteiger partial charge in [-0.25, -0.2) is 9.97 Å². The number of aromatic nitrogens is 2. The Labute approximate surface area is 383 Å². The summed E-state index contributed by atoms with van der Waals surface area (Å²) in [7, 11) is 0. The molecular formula is C59H52N4S. The van der Waals surface area contributed by atoms with Crippen LogP contribution in [-0.4, -0.2) is 16.5 Å². The van der Waals surface area contributed by atoms with Crippen molar-refractivity contribution in [2.45, 2.75) is 49.3 Å². The van der Waals surface area contributed by atoms with Gasteiger partial charge in [-0.2, -0.15) is 0 Å². The number of anilines is 5. The largest absolute Gasteiger partial charge is 0.308 e. The van der Waals surface area contributed by atoms with Gasteiger partial charge in [0.25, 0.3) is 0 Å². The maximum absolute atomic E-state index is 5.43. The molecule has 0 N–H and O–H groups in total. The molecule has 10 rings (SSSR count). The maximum Gasteiger partial charge on any atom is 0.231 e. The molecule has 0 fully saturated rings. The summed E-state index contributed by atoms with van der Waals surface area (Å²) in [6.07, 6.45) is 29.4. The van der Waals surface area contributed by atoms with E-state index in [1.165, 1.54) is 49.0 Å². The highest BCUT2D eigenvalue weighted by Crippen LogP contribution is 2.52. The SMILES string of the molecule is C#C.C=C/C=C(\C=C)c1ccc(-c2nc(N3C/C=C\C(c4ccc5c(c4)N(c4ccccc4)c4ccccc4S5)=C/Cc4c3ccc3c4C=CCCC3)nc3ccccc23)cc1.CC. The maximum atomic E-state index is 5.43. The van der Waals surface area contributed by atoms with Crippen molar-refractivity contribution in [2.75, 3.05) is 16.3 Å². The highest BCUT2D eigenvalue weighted by molar-refractivity contribution is 7.99. The average Bonchev–Trinajstić information content (AvgIpc) is 3.56. The summed E-state index contributed by atoms with van der Waals surface area (Å²) in [5.74, 6) is 0.681. The molecule has 64 heavy (non-hydrogen) atoms. The molecule has 1 aliphatic carbocycles. The van der Waals surface area contributed by atoms with E-state index in [1.54, 1.807) is 6.08 Å². The summed E-state index contributed by atoms with van der Waals surface area (Å²) < 4.78 is 0. The minimum atomic E-state index is 0.600. The lowest BCUT2D eigenvalue weighted by Gasteiger charge is -2.33. The van der Waals surface area contributed by atoms with Crippen molar-refractivity contribution in [1.82, 2.24) is 9.97 Å². The predicted molar refractivity (Wildman–Crippen MR) is 276 cm³/mol. The summed E-state index contributed by atoms with van der Waals surface area (Å²) in [6.45, 7) is 12.5. The molecule has 0 saturated carbocycles. The monoisotopic (exact) mass is 848 g/mol. The number of nitrogens with zero attached hydrogens (tertiary/aromatic N) is 4. The Hall–Kier alpha value is -7.39. The van der Waals surface area contributed by atoms with Crippen molar-refractivity contribution in [3.05, 3.63) is 217 Å². The van der Waals surface area contributed by atoms with Crippen LogP contribution in [0.5, 0.6) is 0 Å². The van der Waals surface area contributed by atoms with Gasteiger partial charge in [-0.1, -0.05) is 172 Å². The number of allylic oxidation sites excluding steroid dienone is 8. The Morgan fingerprint density at radius 3 is 2.28 bits per heavy atom. The molecular weight excluding hydrogens is 797 g/mol. The lowest BCUT2D eigenvalue weighted by molar-refractivity contribution is 0.850. The number of hydrogen-bond donors (Lipinski definition) is 0. The van der Waals surface area contributed by atoms with Gasteiger partial charge in [0.2, 0.25) is 5.95 Å². The van der Waals surface area contributed by atoms with E-state index in [0.29, 0.717) is 12.5 Å². The number of terminal acetylenes is 1. The summed E-state index contributed by atoms with van der Waals surface area (Å²) in [6, 6.07) is 47.9. The number of benzene rings is 6. The van der Waals surface area contributed by atoms with Gasteiger partial charge < -0.3 is 9.80 Å². The van der Waals surface area contributed by atoms with Crippen LogP contribution in [0, 0.1) is 12.8 Å².